The molecule has 1 N–H and O–H groups in total. The van der Waals surface area contributed by atoms with E-state index in [2.05, 4.69) is 42.5 Å². The maximum Gasteiger partial charge on any atom is 0.321 e. The molecule has 7 nitrogen and oxygen atoms in total. The van der Waals surface area contributed by atoms with Crippen LogP contribution in [0.1, 0.15) is 65.6 Å². The molecule has 0 unspecified atom stereocenters. The molecule has 2 fully saturated rings. The van der Waals surface area contributed by atoms with Gasteiger partial charge < -0.3 is 15.1 Å². The molecule has 2 aromatic heterocycles. The number of urea groups is 1. The van der Waals surface area contributed by atoms with Crippen molar-refractivity contribution < 1.29 is 9.59 Å². The molecular weight excluding hydrogens is 438 g/mol. The first-order chi connectivity index (χ1) is 16.9. The Hall–Kier alpha value is -3.35. The molecular formula is C28H35N5O2. The van der Waals surface area contributed by atoms with Gasteiger partial charge in [-0.05, 0) is 86.3 Å². The summed E-state index contributed by atoms with van der Waals surface area (Å²) in [4.78, 5) is 29.9. The Morgan fingerprint density at radius 3 is 2.43 bits per heavy atom. The lowest BCUT2D eigenvalue weighted by molar-refractivity contribution is 0.0699. The second-order valence-electron chi connectivity index (χ2n) is 10.3. The van der Waals surface area contributed by atoms with E-state index in [4.69, 9.17) is 0 Å². The van der Waals surface area contributed by atoms with Gasteiger partial charge >= 0.3 is 6.03 Å². The maximum absolute atomic E-state index is 13.2. The van der Waals surface area contributed by atoms with Crippen molar-refractivity contribution in [2.75, 3.05) is 31.5 Å². The lowest BCUT2D eigenvalue weighted by atomic mass is 9.89. The zero-order valence-electron chi connectivity index (χ0n) is 21.0. The summed E-state index contributed by atoms with van der Waals surface area (Å²) in [5.74, 6) is 1.13. The minimum Gasteiger partial charge on any atom is -0.339 e. The van der Waals surface area contributed by atoms with E-state index >= 15 is 0 Å². The van der Waals surface area contributed by atoms with Crippen molar-refractivity contribution in [1.29, 1.82) is 0 Å². The highest BCUT2D eigenvalue weighted by molar-refractivity contribution is 6.00. The van der Waals surface area contributed by atoms with Crippen LogP contribution in [0.15, 0.2) is 42.7 Å². The molecule has 35 heavy (non-hydrogen) atoms. The summed E-state index contributed by atoms with van der Waals surface area (Å²) >= 11 is 0. The summed E-state index contributed by atoms with van der Waals surface area (Å²) in [5.41, 5.74) is 5.93. The largest absolute Gasteiger partial charge is 0.339 e. The predicted molar refractivity (Wildman–Crippen MR) is 138 cm³/mol. The Balaban J connectivity index is 1.25. The van der Waals surface area contributed by atoms with Crippen LogP contribution in [0.5, 0.6) is 0 Å². The number of benzene rings is 1. The average Bonchev–Trinajstić information content (AvgIpc) is 3.30. The van der Waals surface area contributed by atoms with E-state index in [-0.39, 0.29) is 11.9 Å². The van der Waals surface area contributed by atoms with Crippen LogP contribution < -0.4 is 5.32 Å². The van der Waals surface area contributed by atoms with Crippen LogP contribution in [0.2, 0.25) is 0 Å². The smallest absolute Gasteiger partial charge is 0.321 e. The van der Waals surface area contributed by atoms with Crippen molar-refractivity contribution in [1.82, 2.24) is 19.4 Å². The molecule has 1 aromatic carbocycles. The number of aryl methyl sites for hydroxylation is 1. The maximum atomic E-state index is 13.2. The number of hydrogen-bond acceptors (Lipinski definition) is 3. The van der Waals surface area contributed by atoms with Gasteiger partial charge in [-0.1, -0.05) is 19.1 Å². The van der Waals surface area contributed by atoms with Crippen LogP contribution in [-0.2, 0) is 0 Å². The Morgan fingerprint density at radius 1 is 0.971 bits per heavy atom. The second kappa shape index (κ2) is 9.72. The number of piperidine rings is 2. The van der Waals surface area contributed by atoms with E-state index in [1.807, 2.05) is 35.1 Å². The number of hydrogen-bond donors (Lipinski definition) is 1. The summed E-state index contributed by atoms with van der Waals surface area (Å²) < 4.78 is 1.80. The predicted octanol–water partition coefficient (Wildman–Crippen LogP) is 5.23. The Bertz CT molecular complexity index is 1230. The minimum atomic E-state index is -0.0351. The number of amides is 3. The zero-order chi connectivity index (χ0) is 24.5. The van der Waals surface area contributed by atoms with Gasteiger partial charge in [0, 0.05) is 38.1 Å². The number of nitrogens with zero attached hydrogens (tertiary/aromatic N) is 4. The lowest BCUT2D eigenvalue weighted by Gasteiger charge is -2.32. The molecule has 2 saturated heterocycles. The number of carbonyl (C=O) groups is 2. The fourth-order valence-electron chi connectivity index (χ4n) is 5.29. The summed E-state index contributed by atoms with van der Waals surface area (Å²) in [6, 6.07) is 10.2. The van der Waals surface area contributed by atoms with Crippen molar-refractivity contribution in [3.8, 4) is 0 Å². The number of likely N-dealkylation sites (tertiary alicyclic amines) is 2. The van der Waals surface area contributed by atoms with Crippen LogP contribution in [0.25, 0.3) is 5.52 Å². The fraction of sp³-hybridized carbons (Fsp3) is 0.464. The van der Waals surface area contributed by atoms with Crippen molar-refractivity contribution in [2.45, 2.75) is 52.4 Å². The highest BCUT2D eigenvalue weighted by Gasteiger charge is 2.27. The monoisotopic (exact) mass is 473 g/mol. The molecule has 0 saturated carbocycles. The van der Waals surface area contributed by atoms with Crippen LogP contribution >= 0.6 is 0 Å². The number of rotatable bonds is 3. The van der Waals surface area contributed by atoms with E-state index in [1.165, 1.54) is 11.1 Å². The lowest BCUT2D eigenvalue weighted by Crippen LogP contribution is -2.40. The third-order valence-electron chi connectivity index (χ3n) is 7.95. The van der Waals surface area contributed by atoms with Crippen molar-refractivity contribution in [3.05, 3.63) is 65.0 Å². The van der Waals surface area contributed by atoms with E-state index < -0.39 is 0 Å². The van der Waals surface area contributed by atoms with Crippen molar-refractivity contribution >= 4 is 23.1 Å². The number of anilines is 1. The number of aromatic nitrogens is 2. The molecule has 0 atom stereocenters. The van der Waals surface area contributed by atoms with Gasteiger partial charge in [0.25, 0.3) is 5.91 Å². The van der Waals surface area contributed by atoms with Gasteiger partial charge in [0.2, 0.25) is 0 Å². The first-order valence-corrected chi connectivity index (χ1v) is 12.8. The van der Waals surface area contributed by atoms with Gasteiger partial charge in [0.15, 0.2) is 0 Å². The highest BCUT2D eigenvalue weighted by Crippen LogP contribution is 2.30. The van der Waals surface area contributed by atoms with Gasteiger partial charge in [-0.25, -0.2) is 9.31 Å². The molecule has 0 bridgehead atoms. The number of fused-ring (bicyclic) bond motifs is 1. The molecule has 3 aromatic rings. The SMILES string of the molecule is Cc1cccc(NC(=O)N2CCC(c3ccn4ncc(C(=O)N5CCC(C)CC5)c4c3)CC2)c1C. The first kappa shape index (κ1) is 23.4. The first-order valence-electron chi connectivity index (χ1n) is 12.8. The molecule has 2 aliphatic heterocycles. The van der Waals surface area contributed by atoms with Gasteiger partial charge in [-0.2, -0.15) is 5.10 Å². The molecule has 7 heteroatoms. The van der Waals surface area contributed by atoms with Crippen LogP contribution in [0, 0.1) is 19.8 Å². The van der Waals surface area contributed by atoms with E-state index in [0.717, 1.165) is 55.5 Å². The normalized spacial score (nSPS) is 17.7. The van der Waals surface area contributed by atoms with E-state index in [1.54, 1.807) is 10.7 Å². The zero-order valence-corrected chi connectivity index (χ0v) is 21.0. The third kappa shape index (κ3) is 4.77. The summed E-state index contributed by atoms with van der Waals surface area (Å²) in [7, 11) is 0. The van der Waals surface area contributed by atoms with Crippen LogP contribution in [0.4, 0.5) is 10.5 Å². The van der Waals surface area contributed by atoms with Gasteiger partial charge in [-0.3, -0.25) is 4.79 Å². The summed E-state index contributed by atoms with van der Waals surface area (Å²) in [5, 5.41) is 7.52. The molecule has 3 amide bonds. The standard InChI is InChI=1S/C28H35N5O2/c1-19-7-12-31(13-8-19)27(34)24-18-29-33-16-11-23(17-26(24)33)22-9-14-32(15-10-22)28(35)30-25-6-4-5-20(2)21(25)3/h4-6,11,16-19,22H,7-10,12-15H2,1-3H3,(H,30,35). The topological polar surface area (TPSA) is 70.0 Å². The summed E-state index contributed by atoms with van der Waals surface area (Å²) in [6.45, 7) is 9.41. The molecule has 0 radical (unpaired) electrons. The second-order valence-corrected chi connectivity index (χ2v) is 10.3. The molecule has 0 aliphatic carbocycles. The quantitative estimate of drug-likeness (QED) is 0.566. The number of carbonyl (C=O) groups excluding carboxylic acids is 2. The summed E-state index contributed by atoms with van der Waals surface area (Å²) in [6.07, 6.45) is 7.59. The van der Waals surface area contributed by atoms with E-state index in [0.29, 0.717) is 30.5 Å². The van der Waals surface area contributed by atoms with E-state index in [9.17, 15) is 9.59 Å². The van der Waals surface area contributed by atoms with Crippen molar-refractivity contribution in [2.24, 2.45) is 5.92 Å². The fourth-order valence-corrected chi connectivity index (χ4v) is 5.29. The Labute approximate surface area is 207 Å². The Kier molecular flexibility index (Phi) is 6.50. The van der Waals surface area contributed by atoms with Gasteiger partial charge in [-0.15, -0.1) is 0 Å². The van der Waals surface area contributed by atoms with Crippen LogP contribution in [0.3, 0.4) is 0 Å². The van der Waals surface area contributed by atoms with Gasteiger partial charge in [0.1, 0.15) is 0 Å². The third-order valence-corrected chi connectivity index (χ3v) is 7.95. The molecule has 0 spiro atoms. The average molecular weight is 474 g/mol. The molecule has 2 aliphatic rings. The minimum absolute atomic E-state index is 0.0351. The molecule has 5 rings (SSSR count). The highest BCUT2D eigenvalue weighted by atomic mass is 16.2. The van der Waals surface area contributed by atoms with Gasteiger partial charge in [0.05, 0.1) is 17.3 Å². The number of pyridine rings is 1. The Morgan fingerprint density at radius 2 is 1.69 bits per heavy atom. The van der Waals surface area contributed by atoms with Crippen LogP contribution in [-0.4, -0.2) is 57.5 Å². The molecule has 4 heterocycles. The number of nitrogens with one attached hydrogen (secondary N) is 1. The molecule has 184 valence electrons. The van der Waals surface area contributed by atoms with Crippen molar-refractivity contribution in [3.63, 3.8) is 0 Å².